The third kappa shape index (κ3) is 4.36. The molecule has 0 aromatic carbocycles. The molecule has 1 N–H and O–H groups in total. The molecule has 0 saturated carbocycles. The van der Waals surface area contributed by atoms with Crippen LogP contribution in [0.1, 0.15) is 23.1 Å². The molecule has 4 rings (SSSR count). The van der Waals surface area contributed by atoms with Gasteiger partial charge >= 0.3 is 0 Å². The van der Waals surface area contributed by atoms with Crippen LogP contribution in [0.2, 0.25) is 5.02 Å². The van der Waals surface area contributed by atoms with Gasteiger partial charge in [0.25, 0.3) is 5.91 Å². The molecule has 2 aliphatic rings. The number of carbonyl (C=O) groups is 1. The molecule has 2 aromatic heterocycles. The summed E-state index contributed by atoms with van der Waals surface area (Å²) in [5.41, 5.74) is 2.97. The van der Waals surface area contributed by atoms with E-state index >= 15 is 0 Å². The molecule has 1 amide bonds. The van der Waals surface area contributed by atoms with Gasteiger partial charge in [-0.1, -0.05) is 36.8 Å². The molecule has 3 heterocycles. The van der Waals surface area contributed by atoms with E-state index in [2.05, 4.69) is 21.3 Å². The minimum atomic E-state index is -0.160. The number of halogens is 2. The third-order valence-electron chi connectivity index (χ3n) is 5.34. The summed E-state index contributed by atoms with van der Waals surface area (Å²) in [6.07, 6.45) is 8.64. The van der Waals surface area contributed by atoms with Gasteiger partial charge in [0.2, 0.25) is 0 Å². The van der Waals surface area contributed by atoms with Crippen molar-refractivity contribution in [1.29, 1.82) is 0 Å². The first kappa shape index (κ1) is 20.4. The number of imidazole rings is 1. The van der Waals surface area contributed by atoms with Crippen molar-refractivity contribution in [3.05, 3.63) is 58.5 Å². The van der Waals surface area contributed by atoms with E-state index in [4.69, 9.17) is 27.9 Å². The quantitative estimate of drug-likeness (QED) is 0.734. The summed E-state index contributed by atoms with van der Waals surface area (Å²) < 4.78 is 7.20. The molecule has 29 heavy (non-hydrogen) atoms. The summed E-state index contributed by atoms with van der Waals surface area (Å²) in [5, 5.41) is 3.47. The van der Waals surface area contributed by atoms with Crippen molar-refractivity contribution >= 4 is 34.8 Å². The Morgan fingerprint density at radius 2 is 2.17 bits per heavy atom. The second kappa shape index (κ2) is 8.88. The molecule has 0 bridgehead atoms. The lowest BCUT2D eigenvalue weighted by Gasteiger charge is -2.36. The number of nitrogens with one attached hydrogen (secondary N) is 1. The predicted octanol–water partition coefficient (Wildman–Crippen LogP) is 3.08. The van der Waals surface area contributed by atoms with E-state index in [1.807, 2.05) is 19.1 Å². The maximum absolute atomic E-state index is 12.9. The second-order valence-corrected chi connectivity index (χ2v) is 8.14. The van der Waals surface area contributed by atoms with E-state index < -0.39 is 0 Å². The van der Waals surface area contributed by atoms with Crippen molar-refractivity contribution in [1.82, 2.24) is 19.6 Å². The van der Waals surface area contributed by atoms with Crippen molar-refractivity contribution in [3.63, 3.8) is 0 Å². The second-order valence-electron chi connectivity index (χ2n) is 7.20. The number of nitrogens with zero attached hydrogens (tertiary/aromatic N) is 3. The number of aryl methyl sites for hydroxylation is 1. The van der Waals surface area contributed by atoms with Crippen LogP contribution >= 0.6 is 23.2 Å². The largest absolute Gasteiger partial charge is 0.379 e. The highest BCUT2D eigenvalue weighted by atomic mass is 35.5. The molecule has 2 aromatic rings. The average Bonchev–Trinajstić information content (AvgIpc) is 3.10. The number of hydrogen-bond donors (Lipinski definition) is 1. The molecule has 1 fully saturated rings. The SMILES string of the molecule is CCc1nc2cc(Cl)ccn2c1C(=O)NCC1=CC(Cl)C(N2CCOCC2)C=C1. The first-order valence-corrected chi connectivity index (χ1v) is 10.7. The first-order chi connectivity index (χ1) is 14.1. The van der Waals surface area contributed by atoms with Gasteiger partial charge in [-0.25, -0.2) is 4.98 Å². The highest BCUT2D eigenvalue weighted by molar-refractivity contribution is 6.30. The van der Waals surface area contributed by atoms with Gasteiger partial charge in [-0.3, -0.25) is 14.1 Å². The number of ether oxygens (including phenoxy) is 1. The smallest absolute Gasteiger partial charge is 0.270 e. The molecule has 154 valence electrons. The Kier molecular flexibility index (Phi) is 6.25. The lowest BCUT2D eigenvalue weighted by Crippen LogP contribution is -2.47. The fraction of sp³-hybridized carbons (Fsp3) is 0.429. The highest BCUT2D eigenvalue weighted by Crippen LogP contribution is 2.22. The minimum Gasteiger partial charge on any atom is -0.379 e. The summed E-state index contributed by atoms with van der Waals surface area (Å²) >= 11 is 12.7. The van der Waals surface area contributed by atoms with Gasteiger partial charge in [0.05, 0.1) is 24.3 Å². The van der Waals surface area contributed by atoms with Crippen molar-refractivity contribution in [2.45, 2.75) is 24.8 Å². The summed E-state index contributed by atoms with van der Waals surface area (Å²) in [4.78, 5) is 19.8. The molecule has 2 unspecified atom stereocenters. The number of carbonyl (C=O) groups excluding carboxylic acids is 1. The van der Waals surface area contributed by atoms with Crippen molar-refractivity contribution in [2.24, 2.45) is 0 Å². The van der Waals surface area contributed by atoms with Crippen LogP contribution in [-0.4, -0.2) is 64.5 Å². The topological polar surface area (TPSA) is 58.9 Å². The molecule has 0 spiro atoms. The summed E-state index contributed by atoms with van der Waals surface area (Å²) in [7, 11) is 0. The maximum Gasteiger partial charge on any atom is 0.270 e. The standard InChI is InChI=1S/C21H24Cl2N4O2/c1-2-17-20(27-6-5-15(22)12-19(27)25-17)21(28)24-13-14-3-4-18(16(23)11-14)26-7-9-29-10-8-26/h3-6,11-12,16,18H,2,7-10,13H2,1H3,(H,24,28). The lowest BCUT2D eigenvalue weighted by molar-refractivity contribution is 0.0264. The molecule has 1 aliphatic carbocycles. The molecule has 8 heteroatoms. The van der Waals surface area contributed by atoms with Crippen LogP contribution in [0.5, 0.6) is 0 Å². The van der Waals surface area contributed by atoms with Crippen LogP contribution in [0.3, 0.4) is 0 Å². The summed E-state index contributed by atoms with van der Waals surface area (Å²) in [6, 6.07) is 3.67. The van der Waals surface area contributed by atoms with Gasteiger partial charge in [0.1, 0.15) is 11.3 Å². The van der Waals surface area contributed by atoms with Gasteiger partial charge in [-0.15, -0.1) is 11.6 Å². The number of rotatable bonds is 5. The monoisotopic (exact) mass is 434 g/mol. The van der Waals surface area contributed by atoms with Gasteiger partial charge in [0.15, 0.2) is 0 Å². The fourth-order valence-corrected chi connectivity index (χ4v) is 4.38. The van der Waals surface area contributed by atoms with E-state index in [0.717, 1.165) is 37.6 Å². The van der Waals surface area contributed by atoms with Crippen molar-refractivity contribution in [3.8, 4) is 0 Å². The van der Waals surface area contributed by atoms with Crippen LogP contribution in [0.4, 0.5) is 0 Å². The van der Waals surface area contributed by atoms with Crippen LogP contribution in [0.15, 0.2) is 42.1 Å². The Bertz CT molecular complexity index is 963. The Hall–Kier alpha value is -1.86. The Balaban J connectivity index is 1.44. The Labute approximate surface area is 180 Å². The van der Waals surface area contributed by atoms with E-state index in [-0.39, 0.29) is 17.3 Å². The van der Waals surface area contributed by atoms with Crippen molar-refractivity contribution < 1.29 is 9.53 Å². The number of morpholine rings is 1. The number of alkyl halides is 1. The molecular weight excluding hydrogens is 411 g/mol. The molecule has 1 aliphatic heterocycles. The van der Waals surface area contributed by atoms with Gasteiger partial charge in [-0.2, -0.15) is 0 Å². The van der Waals surface area contributed by atoms with E-state index in [9.17, 15) is 4.79 Å². The molecular formula is C21H24Cl2N4O2. The van der Waals surface area contributed by atoms with Crippen LogP contribution in [0.25, 0.3) is 5.65 Å². The van der Waals surface area contributed by atoms with Crippen LogP contribution in [0, 0.1) is 0 Å². The Morgan fingerprint density at radius 3 is 2.90 bits per heavy atom. The predicted molar refractivity (Wildman–Crippen MR) is 115 cm³/mol. The zero-order valence-corrected chi connectivity index (χ0v) is 17.8. The molecule has 6 nitrogen and oxygen atoms in total. The van der Waals surface area contributed by atoms with E-state index in [0.29, 0.717) is 29.3 Å². The minimum absolute atomic E-state index is 0.130. The van der Waals surface area contributed by atoms with E-state index in [1.165, 1.54) is 0 Å². The van der Waals surface area contributed by atoms with E-state index in [1.54, 1.807) is 22.7 Å². The highest BCUT2D eigenvalue weighted by Gasteiger charge is 2.27. The average molecular weight is 435 g/mol. The fourth-order valence-electron chi connectivity index (χ4n) is 3.83. The van der Waals surface area contributed by atoms with Gasteiger partial charge < -0.3 is 10.1 Å². The molecule has 0 radical (unpaired) electrons. The summed E-state index contributed by atoms with van der Waals surface area (Å²) in [6.45, 7) is 5.65. The maximum atomic E-state index is 12.9. The van der Waals surface area contributed by atoms with Crippen LogP contribution in [-0.2, 0) is 11.2 Å². The number of hydrogen-bond acceptors (Lipinski definition) is 4. The number of aromatic nitrogens is 2. The molecule has 2 atom stereocenters. The normalized spacial score (nSPS) is 22.7. The number of pyridine rings is 1. The summed E-state index contributed by atoms with van der Waals surface area (Å²) in [5.74, 6) is -0.160. The number of amides is 1. The lowest BCUT2D eigenvalue weighted by atomic mass is 10.0. The Morgan fingerprint density at radius 1 is 1.38 bits per heavy atom. The van der Waals surface area contributed by atoms with Gasteiger partial charge in [-0.05, 0) is 18.1 Å². The molecule has 1 saturated heterocycles. The zero-order chi connectivity index (χ0) is 20.4. The van der Waals surface area contributed by atoms with Gasteiger partial charge in [0, 0.05) is 43.0 Å². The zero-order valence-electron chi connectivity index (χ0n) is 16.3. The van der Waals surface area contributed by atoms with Crippen molar-refractivity contribution in [2.75, 3.05) is 32.8 Å². The third-order valence-corrected chi connectivity index (χ3v) is 5.96. The first-order valence-electron chi connectivity index (χ1n) is 9.86. The van der Waals surface area contributed by atoms with Crippen LogP contribution < -0.4 is 5.32 Å². The number of fused-ring (bicyclic) bond motifs is 1.